The molecule has 0 aliphatic rings. The molecule has 0 radical (unpaired) electrons. The Morgan fingerprint density at radius 3 is 2.65 bits per heavy atom. The van der Waals surface area contributed by atoms with Crippen molar-refractivity contribution in [2.45, 2.75) is 10.1 Å². The van der Waals surface area contributed by atoms with Gasteiger partial charge in [-0.3, -0.25) is 0 Å². The Balaban J connectivity index is 1.97. The van der Waals surface area contributed by atoms with Crippen molar-refractivity contribution in [3.8, 4) is 5.69 Å². The van der Waals surface area contributed by atoms with E-state index < -0.39 is 0 Å². The van der Waals surface area contributed by atoms with Gasteiger partial charge in [0.1, 0.15) is 0 Å². The third kappa shape index (κ3) is 2.48. The summed E-state index contributed by atoms with van der Waals surface area (Å²) in [5.41, 5.74) is 7.38. The molecule has 0 fully saturated rings. The van der Waals surface area contributed by atoms with Gasteiger partial charge in [-0.2, -0.15) is 4.68 Å². The standard InChI is InChI=1S/C13H10ClN5S/c14-10-7-4-8-11(12(10)15)20-13-16-17-18-19(13)9-5-2-1-3-6-9/h1-8H,15H2. The van der Waals surface area contributed by atoms with Gasteiger partial charge in [0.2, 0.25) is 5.16 Å². The smallest absolute Gasteiger partial charge is 0.218 e. The van der Waals surface area contributed by atoms with Gasteiger partial charge in [-0.1, -0.05) is 35.9 Å². The topological polar surface area (TPSA) is 69.6 Å². The van der Waals surface area contributed by atoms with Gasteiger partial charge in [0.05, 0.1) is 16.4 Å². The molecular formula is C13H10ClN5S. The molecule has 0 bridgehead atoms. The molecule has 0 atom stereocenters. The van der Waals surface area contributed by atoms with Crippen LogP contribution < -0.4 is 5.73 Å². The summed E-state index contributed by atoms with van der Waals surface area (Å²) in [5.74, 6) is 0. The van der Waals surface area contributed by atoms with Crippen molar-refractivity contribution in [3.05, 3.63) is 53.6 Å². The van der Waals surface area contributed by atoms with Crippen LogP contribution in [0.25, 0.3) is 5.69 Å². The zero-order chi connectivity index (χ0) is 13.9. The fourth-order valence-electron chi connectivity index (χ4n) is 1.68. The highest BCUT2D eigenvalue weighted by molar-refractivity contribution is 7.99. The van der Waals surface area contributed by atoms with Crippen molar-refractivity contribution >= 4 is 29.1 Å². The van der Waals surface area contributed by atoms with Crippen LogP contribution in [0.1, 0.15) is 0 Å². The Hall–Kier alpha value is -2.05. The fourth-order valence-corrected chi connectivity index (χ4v) is 2.78. The third-order valence-electron chi connectivity index (χ3n) is 2.66. The third-order valence-corrected chi connectivity index (χ3v) is 4.00. The zero-order valence-corrected chi connectivity index (χ0v) is 11.8. The molecule has 20 heavy (non-hydrogen) atoms. The maximum Gasteiger partial charge on any atom is 0.218 e. The van der Waals surface area contributed by atoms with Crippen molar-refractivity contribution in [3.63, 3.8) is 0 Å². The number of nitrogens with zero attached hydrogens (tertiary/aromatic N) is 4. The van der Waals surface area contributed by atoms with Crippen LogP contribution in [0.2, 0.25) is 5.02 Å². The first-order chi connectivity index (χ1) is 9.75. The zero-order valence-electron chi connectivity index (χ0n) is 10.3. The van der Waals surface area contributed by atoms with Crippen LogP contribution in [0, 0.1) is 0 Å². The number of nitrogen functional groups attached to an aromatic ring is 1. The van der Waals surface area contributed by atoms with E-state index in [-0.39, 0.29) is 0 Å². The van der Waals surface area contributed by atoms with E-state index in [1.54, 1.807) is 10.7 Å². The van der Waals surface area contributed by atoms with E-state index in [1.165, 1.54) is 11.8 Å². The van der Waals surface area contributed by atoms with Crippen molar-refractivity contribution < 1.29 is 0 Å². The lowest BCUT2D eigenvalue weighted by Gasteiger charge is -2.07. The van der Waals surface area contributed by atoms with E-state index in [9.17, 15) is 0 Å². The molecule has 0 spiro atoms. The molecular weight excluding hydrogens is 294 g/mol. The molecule has 5 nitrogen and oxygen atoms in total. The van der Waals surface area contributed by atoms with Crippen LogP contribution in [-0.2, 0) is 0 Å². The molecule has 2 N–H and O–H groups in total. The van der Waals surface area contributed by atoms with Gasteiger partial charge in [-0.05, 0) is 46.5 Å². The highest BCUT2D eigenvalue weighted by atomic mass is 35.5. The summed E-state index contributed by atoms with van der Waals surface area (Å²) in [4.78, 5) is 0.824. The molecule has 0 saturated carbocycles. The minimum atomic E-state index is 0.522. The van der Waals surface area contributed by atoms with E-state index in [1.807, 2.05) is 42.5 Å². The lowest BCUT2D eigenvalue weighted by molar-refractivity contribution is 0.756. The SMILES string of the molecule is Nc1c(Cl)cccc1Sc1nnnn1-c1ccccc1. The quantitative estimate of drug-likeness (QED) is 0.753. The van der Waals surface area contributed by atoms with Crippen molar-refractivity contribution in [2.75, 3.05) is 5.73 Å². The maximum absolute atomic E-state index is 6.01. The van der Waals surface area contributed by atoms with Crippen LogP contribution in [-0.4, -0.2) is 20.2 Å². The number of rotatable bonds is 3. The summed E-state index contributed by atoms with van der Waals surface area (Å²) in [7, 11) is 0. The first-order valence-electron chi connectivity index (χ1n) is 5.81. The fraction of sp³-hybridized carbons (Fsp3) is 0. The van der Waals surface area contributed by atoms with E-state index in [0.29, 0.717) is 15.9 Å². The summed E-state index contributed by atoms with van der Waals surface area (Å²) in [6.45, 7) is 0. The molecule has 0 unspecified atom stereocenters. The normalized spacial score (nSPS) is 10.7. The number of hydrogen-bond donors (Lipinski definition) is 1. The second kappa shape index (κ2) is 5.52. The monoisotopic (exact) mass is 303 g/mol. The Labute approximate surface area is 124 Å². The predicted octanol–water partition coefficient (Wildman–Crippen LogP) is 3.05. The second-order valence-corrected chi connectivity index (χ2v) is 5.38. The number of para-hydroxylation sites is 2. The van der Waals surface area contributed by atoms with E-state index in [2.05, 4.69) is 15.5 Å². The minimum absolute atomic E-state index is 0.522. The summed E-state index contributed by atoms with van der Waals surface area (Å²) >= 11 is 7.39. The minimum Gasteiger partial charge on any atom is -0.397 e. The van der Waals surface area contributed by atoms with E-state index in [4.69, 9.17) is 17.3 Å². The highest BCUT2D eigenvalue weighted by Gasteiger charge is 2.12. The number of tetrazole rings is 1. The van der Waals surface area contributed by atoms with Gasteiger partial charge in [-0.15, -0.1) is 5.10 Å². The molecule has 3 rings (SSSR count). The molecule has 3 aromatic rings. The number of nitrogens with two attached hydrogens (primary N) is 1. The average molecular weight is 304 g/mol. The summed E-state index contributed by atoms with van der Waals surface area (Å²) in [6, 6.07) is 15.1. The van der Waals surface area contributed by atoms with Gasteiger partial charge < -0.3 is 5.73 Å². The lowest BCUT2D eigenvalue weighted by Crippen LogP contribution is -1.99. The number of benzene rings is 2. The molecule has 100 valence electrons. The first-order valence-corrected chi connectivity index (χ1v) is 7.01. The predicted molar refractivity (Wildman–Crippen MR) is 79.1 cm³/mol. The molecule has 1 aromatic heterocycles. The Kier molecular flexibility index (Phi) is 3.58. The van der Waals surface area contributed by atoms with Crippen LogP contribution in [0.4, 0.5) is 5.69 Å². The Morgan fingerprint density at radius 2 is 1.85 bits per heavy atom. The average Bonchev–Trinajstić information content (AvgIpc) is 2.93. The second-order valence-electron chi connectivity index (χ2n) is 3.96. The van der Waals surface area contributed by atoms with Gasteiger partial charge in [0, 0.05) is 4.90 Å². The summed E-state index contributed by atoms with van der Waals surface area (Å²) in [6.07, 6.45) is 0. The number of halogens is 1. The largest absolute Gasteiger partial charge is 0.397 e. The maximum atomic E-state index is 6.01. The number of hydrogen-bond acceptors (Lipinski definition) is 5. The highest BCUT2D eigenvalue weighted by Crippen LogP contribution is 2.34. The van der Waals surface area contributed by atoms with Crippen molar-refractivity contribution in [2.24, 2.45) is 0 Å². The molecule has 0 saturated heterocycles. The molecule has 2 aromatic carbocycles. The van der Waals surface area contributed by atoms with E-state index >= 15 is 0 Å². The van der Waals surface area contributed by atoms with Crippen LogP contribution >= 0.6 is 23.4 Å². The Morgan fingerprint density at radius 1 is 1.05 bits per heavy atom. The first kappa shape index (κ1) is 13.0. The summed E-state index contributed by atoms with van der Waals surface area (Å²) < 4.78 is 1.66. The molecule has 0 amide bonds. The molecule has 0 aliphatic carbocycles. The number of aromatic nitrogens is 4. The Bertz CT molecular complexity index is 729. The van der Waals surface area contributed by atoms with Crippen molar-refractivity contribution in [1.29, 1.82) is 0 Å². The van der Waals surface area contributed by atoms with Gasteiger partial charge in [0.25, 0.3) is 0 Å². The van der Waals surface area contributed by atoms with Crippen molar-refractivity contribution in [1.82, 2.24) is 20.2 Å². The molecule has 0 aliphatic heterocycles. The lowest BCUT2D eigenvalue weighted by atomic mass is 10.3. The van der Waals surface area contributed by atoms with Gasteiger partial charge in [0.15, 0.2) is 0 Å². The molecule has 1 heterocycles. The number of anilines is 1. The van der Waals surface area contributed by atoms with Crippen LogP contribution in [0.5, 0.6) is 0 Å². The van der Waals surface area contributed by atoms with Gasteiger partial charge >= 0.3 is 0 Å². The summed E-state index contributed by atoms with van der Waals surface area (Å²) in [5, 5.41) is 12.9. The van der Waals surface area contributed by atoms with E-state index in [0.717, 1.165) is 10.6 Å². The van der Waals surface area contributed by atoms with Crippen LogP contribution in [0.3, 0.4) is 0 Å². The van der Waals surface area contributed by atoms with Gasteiger partial charge in [-0.25, -0.2) is 0 Å². The molecule has 7 heteroatoms. The van der Waals surface area contributed by atoms with Crippen LogP contribution in [0.15, 0.2) is 58.6 Å².